The van der Waals surface area contributed by atoms with Gasteiger partial charge in [-0.2, -0.15) is 8.78 Å². The molecule has 1 atom stereocenters. The fourth-order valence-electron chi connectivity index (χ4n) is 2.16. The van der Waals surface area contributed by atoms with Gasteiger partial charge in [-0.25, -0.2) is 0 Å². The van der Waals surface area contributed by atoms with Crippen molar-refractivity contribution < 1.29 is 18.3 Å². The summed E-state index contributed by atoms with van der Waals surface area (Å²) in [5.41, 5.74) is -0.252. The monoisotopic (exact) mass is 235 g/mol. The third-order valence-electron chi connectivity index (χ3n) is 3.33. The minimum absolute atomic E-state index is 0.185. The Morgan fingerprint density at radius 3 is 2.62 bits per heavy atom. The van der Waals surface area contributed by atoms with Crippen molar-refractivity contribution in [2.45, 2.75) is 57.6 Å². The van der Waals surface area contributed by atoms with E-state index in [0.29, 0.717) is 19.4 Å². The van der Waals surface area contributed by atoms with E-state index in [9.17, 15) is 13.6 Å². The van der Waals surface area contributed by atoms with Gasteiger partial charge in [0.15, 0.2) is 0 Å². The zero-order chi connectivity index (χ0) is 12.2. The Labute approximate surface area is 94.5 Å². The number of nitrogens with one attached hydrogen (secondary N) is 1. The molecular weight excluding hydrogens is 216 g/mol. The summed E-state index contributed by atoms with van der Waals surface area (Å²) >= 11 is 0. The second-order valence-corrected chi connectivity index (χ2v) is 4.24. The molecule has 1 N–H and O–H groups in total. The van der Waals surface area contributed by atoms with Crippen LogP contribution in [0.1, 0.15) is 39.5 Å². The van der Waals surface area contributed by atoms with E-state index in [1.54, 1.807) is 0 Å². The highest BCUT2D eigenvalue weighted by Crippen LogP contribution is 2.31. The van der Waals surface area contributed by atoms with Crippen LogP contribution in [-0.4, -0.2) is 30.6 Å². The molecule has 1 aliphatic heterocycles. The molecule has 0 aromatic rings. The van der Waals surface area contributed by atoms with Gasteiger partial charge >= 0.3 is 6.43 Å². The maximum absolute atomic E-state index is 12.1. The molecule has 3 nitrogen and oxygen atoms in total. The van der Waals surface area contributed by atoms with Gasteiger partial charge in [0.1, 0.15) is 0 Å². The smallest absolute Gasteiger partial charge is 0.315 e. The van der Waals surface area contributed by atoms with Crippen LogP contribution in [0.15, 0.2) is 0 Å². The number of halogens is 2. The van der Waals surface area contributed by atoms with Gasteiger partial charge in [-0.05, 0) is 25.7 Å². The van der Waals surface area contributed by atoms with Crippen molar-refractivity contribution in [3.8, 4) is 0 Å². The number of alkyl halides is 2. The predicted octanol–water partition coefficient (Wildman–Crippen LogP) is 2.11. The SMILES string of the molecule is CCC1(CC)CC(NC(=O)C(F)F)CCO1. The van der Waals surface area contributed by atoms with E-state index < -0.39 is 12.3 Å². The molecule has 0 aromatic carbocycles. The Kier molecular flexibility index (Phi) is 4.65. The molecule has 1 heterocycles. The molecule has 1 amide bonds. The molecule has 0 aromatic heterocycles. The van der Waals surface area contributed by atoms with Crippen molar-refractivity contribution in [2.24, 2.45) is 0 Å². The highest BCUT2D eigenvalue weighted by atomic mass is 19.3. The normalized spacial score (nSPS) is 24.4. The van der Waals surface area contributed by atoms with Gasteiger partial charge in [0.05, 0.1) is 5.60 Å². The van der Waals surface area contributed by atoms with E-state index in [4.69, 9.17) is 4.74 Å². The third kappa shape index (κ3) is 3.14. The third-order valence-corrected chi connectivity index (χ3v) is 3.33. The second-order valence-electron chi connectivity index (χ2n) is 4.24. The summed E-state index contributed by atoms with van der Waals surface area (Å²) < 4.78 is 29.9. The van der Waals surface area contributed by atoms with Gasteiger partial charge in [0.2, 0.25) is 0 Å². The maximum atomic E-state index is 12.1. The highest BCUT2D eigenvalue weighted by Gasteiger charge is 2.35. The van der Waals surface area contributed by atoms with Gasteiger partial charge in [-0.3, -0.25) is 4.79 Å². The Bertz CT molecular complexity index is 242. The molecule has 0 radical (unpaired) electrons. The summed E-state index contributed by atoms with van der Waals surface area (Å²) in [5.74, 6) is -1.17. The Morgan fingerprint density at radius 2 is 2.12 bits per heavy atom. The van der Waals surface area contributed by atoms with Crippen molar-refractivity contribution in [1.29, 1.82) is 0 Å². The average Bonchev–Trinajstić information content (AvgIpc) is 2.29. The molecule has 0 saturated carbocycles. The van der Waals surface area contributed by atoms with Gasteiger partial charge in [0, 0.05) is 12.6 Å². The first-order valence-corrected chi connectivity index (χ1v) is 5.75. The number of carbonyl (C=O) groups excluding carboxylic acids is 1. The van der Waals surface area contributed by atoms with Crippen LogP contribution < -0.4 is 5.32 Å². The molecule has 0 bridgehead atoms. The minimum Gasteiger partial charge on any atom is -0.375 e. The van der Waals surface area contributed by atoms with Crippen LogP contribution in [0, 0.1) is 0 Å². The topological polar surface area (TPSA) is 38.3 Å². The molecular formula is C11H19F2NO2. The number of carbonyl (C=O) groups is 1. The maximum Gasteiger partial charge on any atom is 0.315 e. The van der Waals surface area contributed by atoms with Crippen LogP contribution in [0.2, 0.25) is 0 Å². The van der Waals surface area contributed by atoms with Crippen LogP contribution in [0.3, 0.4) is 0 Å². The Balaban J connectivity index is 2.53. The van der Waals surface area contributed by atoms with Crippen LogP contribution >= 0.6 is 0 Å². The van der Waals surface area contributed by atoms with E-state index in [-0.39, 0.29) is 11.6 Å². The minimum atomic E-state index is -2.93. The van der Waals surface area contributed by atoms with E-state index in [0.717, 1.165) is 12.8 Å². The van der Waals surface area contributed by atoms with Crippen LogP contribution in [0.25, 0.3) is 0 Å². The number of ether oxygens (including phenoxy) is 1. The summed E-state index contributed by atoms with van der Waals surface area (Å²) in [4.78, 5) is 10.9. The first kappa shape index (κ1) is 13.4. The standard InChI is InChI=1S/C11H19F2NO2/c1-3-11(4-2)7-8(5-6-16-11)14-10(15)9(12)13/h8-9H,3-7H2,1-2H3,(H,14,15). The van der Waals surface area contributed by atoms with Crippen molar-refractivity contribution in [1.82, 2.24) is 5.32 Å². The van der Waals surface area contributed by atoms with Gasteiger partial charge < -0.3 is 10.1 Å². The second kappa shape index (κ2) is 5.57. The van der Waals surface area contributed by atoms with Gasteiger partial charge in [-0.1, -0.05) is 13.8 Å². The first-order chi connectivity index (χ1) is 7.53. The predicted molar refractivity (Wildman–Crippen MR) is 56.4 cm³/mol. The number of hydrogen-bond donors (Lipinski definition) is 1. The molecule has 1 saturated heterocycles. The molecule has 1 rings (SSSR count). The number of amides is 1. The van der Waals surface area contributed by atoms with Crippen LogP contribution in [-0.2, 0) is 9.53 Å². The van der Waals surface area contributed by atoms with E-state index >= 15 is 0 Å². The van der Waals surface area contributed by atoms with Crippen LogP contribution in [0.5, 0.6) is 0 Å². The number of rotatable bonds is 4. The lowest BCUT2D eigenvalue weighted by molar-refractivity contribution is -0.136. The fraction of sp³-hybridized carbons (Fsp3) is 0.909. The zero-order valence-corrected chi connectivity index (χ0v) is 9.76. The summed E-state index contributed by atoms with van der Waals surface area (Å²) in [7, 11) is 0. The van der Waals surface area contributed by atoms with E-state index in [2.05, 4.69) is 5.32 Å². The van der Waals surface area contributed by atoms with Gasteiger partial charge in [-0.15, -0.1) is 0 Å². The summed E-state index contributed by atoms with van der Waals surface area (Å²) in [6.07, 6.45) is -0.0196. The summed E-state index contributed by atoms with van der Waals surface area (Å²) in [6.45, 7) is 4.55. The van der Waals surface area contributed by atoms with Crippen LogP contribution in [0.4, 0.5) is 8.78 Å². The molecule has 1 unspecified atom stereocenters. The van der Waals surface area contributed by atoms with E-state index in [1.165, 1.54) is 0 Å². The average molecular weight is 235 g/mol. The molecule has 94 valence electrons. The lowest BCUT2D eigenvalue weighted by Crippen LogP contribution is -2.49. The van der Waals surface area contributed by atoms with Crippen molar-refractivity contribution in [2.75, 3.05) is 6.61 Å². The molecule has 5 heteroatoms. The molecule has 0 spiro atoms. The number of hydrogen-bond acceptors (Lipinski definition) is 2. The first-order valence-electron chi connectivity index (χ1n) is 5.75. The zero-order valence-electron chi connectivity index (χ0n) is 9.76. The van der Waals surface area contributed by atoms with Crippen molar-refractivity contribution >= 4 is 5.91 Å². The fourth-order valence-corrected chi connectivity index (χ4v) is 2.16. The molecule has 0 aliphatic carbocycles. The lowest BCUT2D eigenvalue weighted by Gasteiger charge is -2.40. The highest BCUT2D eigenvalue weighted by molar-refractivity contribution is 5.79. The van der Waals surface area contributed by atoms with Crippen molar-refractivity contribution in [3.63, 3.8) is 0 Å². The Morgan fingerprint density at radius 1 is 1.50 bits per heavy atom. The van der Waals surface area contributed by atoms with Gasteiger partial charge in [0.25, 0.3) is 5.91 Å². The van der Waals surface area contributed by atoms with E-state index in [1.807, 2.05) is 13.8 Å². The molecule has 1 fully saturated rings. The summed E-state index contributed by atoms with van der Waals surface area (Å²) in [6, 6.07) is -0.185. The largest absolute Gasteiger partial charge is 0.375 e. The lowest BCUT2D eigenvalue weighted by atomic mass is 9.86. The quantitative estimate of drug-likeness (QED) is 0.810. The molecule has 16 heavy (non-hydrogen) atoms. The summed E-state index contributed by atoms with van der Waals surface area (Å²) in [5, 5.41) is 2.37. The molecule has 1 aliphatic rings. The van der Waals surface area contributed by atoms with Crippen molar-refractivity contribution in [3.05, 3.63) is 0 Å². The Hall–Kier alpha value is -0.710.